The minimum absolute atomic E-state index is 0.0115. The van der Waals surface area contributed by atoms with E-state index in [2.05, 4.69) is 10.2 Å². The van der Waals surface area contributed by atoms with Crippen LogP contribution in [0.1, 0.15) is 36.8 Å². The van der Waals surface area contributed by atoms with Gasteiger partial charge in [0.1, 0.15) is 18.4 Å². The molecular weight excluding hydrogens is 414 g/mol. The molecule has 2 aromatic carbocycles. The molecule has 1 aliphatic heterocycles. The van der Waals surface area contributed by atoms with Crippen molar-refractivity contribution in [3.8, 4) is 5.75 Å². The second-order valence-corrected chi connectivity index (χ2v) is 9.53. The van der Waals surface area contributed by atoms with Crippen LogP contribution in [0.3, 0.4) is 0 Å². The van der Waals surface area contributed by atoms with Gasteiger partial charge in [-0.2, -0.15) is 0 Å². The third-order valence-corrected chi connectivity index (χ3v) is 6.67. The number of carbonyl (C=O) groups is 2. The SMILES string of the molecule is CN(C)C[C@H]1COc2ccccc2CN1C(=O)[C@H](Cc1ccccc1)NC(=O)C1CCCC1. The molecule has 33 heavy (non-hydrogen) atoms. The van der Waals surface area contributed by atoms with Crippen LogP contribution in [-0.4, -0.2) is 60.9 Å². The number of nitrogens with zero attached hydrogens (tertiary/aromatic N) is 2. The minimum Gasteiger partial charge on any atom is -0.491 e. The summed E-state index contributed by atoms with van der Waals surface area (Å²) in [5, 5.41) is 3.14. The van der Waals surface area contributed by atoms with Gasteiger partial charge in [-0.25, -0.2) is 0 Å². The van der Waals surface area contributed by atoms with Crippen LogP contribution >= 0.6 is 0 Å². The third-order valence-electron chi connectivity index (χ3n) is 6.67. The molecule has 4 rings (SSSR count). The zero-order chi connectivity index (χ0) is 23.2. The fraction of sp³-hybridized carbons (Fsp3) is 0.481. The van der Waals surface area contributed by atoms with Gasteiger partial charge in [-0.3, -0.25) is 9.59 Å². The largest absolute Gasteiger partial charge is 0.491 e. The first-order valence-electron chi connectivity index (χ1n) is 12.0. The van der Waals surface area contributed by atoms with E-state index in [1.165, 1.54) is 0 Å². The van der Waals surface area contributed by atoms with Crippen molar-refractivity contribution < 1.29 is 14.3 Å². The molecule has 1 heterocycles. The quantitative estimate of drug-likeness (QED) is 0.705. The first-order valence-corrected chi connectivity index (χ1v) is 12.0. The molecule has 6 heteroatoms. The Morgan fingerprint density at radius 3 is 2.48 bits per heavy atom. The van der Waals surface area contributed by atoms with Gasteiger partial charge in [-0.15, -0.1) is 0 Å². The molecule has 0 saturated heterocycles. The highest BCUT2D eigenvalue weighted by Crippen LogP contribution is 2.27. The average Bonchev–Trinajstić information content (AvgIpc) is 3.30. The van der Waals surface area contributed by atoms with Crippen LogP contribution in [0.2, 0.25) is 0 Å². The van der Waals surface area contributed by atoms with Crippen LogP contribution in [0.15, 0.2) is 54.6 Å². The number of fused-ring (bicyclic) bond motifs is 1. The van der Waals surface area contributed by atoms with Gasteiger partial charge in [0, 0.05) is 31.0 Å². The number of likely N-dealkylation sites (N-methyl/N-ethyl adjacent to an activating group) is 1. The third kappa shape index (κ3) is 5.93. The van der Waals surface area contributed by atoms with E-state index in [-0.39, 0.29) is 23.8 Å². The number of rotatable bonds is 7. The molecule has 0 spiro atoms. The highest BCUT2D eigenvalue weighted by Gasteiger charge is 2.35. The van der Waals surface area contributed by atoms with Crippen LogP contribution in [0.25, 0.3) is 0 Å². The summed E-state index contributed by atoms with van der Waals surface area (Å²) in [7, 11) is 4.01. The molecule has 1 aliphatic carbocycles. The maximum absolute atomic E-state index is 14.0. The lowest BCUT2D eigenvalue weighted by Gasteiger charge is -2.34. The zero-order valence-corrected chi connectivity index (χ0v) is 19.7. The molecule has 0 radical (unpaired) electrons. The minimum atomic E-state index is -0.601. The normalized spacial score (nSPS) is 19.5. The molecule has 6 nitrogen and oxygen atoms in total. The highest BCUT2D eigenvalue weighted by atomic mass is 16.5. The van der Waals surface area contributed by atoms with E-state index < -0.39 is 6.04 Å². The van der Waals surface area contributed by atoms with Gasteiger partial charge in [0.15, 0.2) is 0 Å². The molecule has 1 N–H and O–H groups in total. The summed E-state index contributed by atoms with van der Waals surface area (Å²) in [6, 6.07) is 17.1. The summed E-state index contributed by atoms with van der Waals surface area (Å²) in [4.78, 5) is 31.1. The summed E-state index contributed by atoms with van der Waals surface area (Å²) in [6.45, 7) is 1.59. The standard InChI is InChI=1S/C27H35N3O3/c1-29(2)18-23-19-33-25-15-9-8-14-22(25)17-30(23)27(32)24(16-20-10-4-3-5-11-20)28-26(31)21-12-6-7-13-21/h3-5,8-11,14-15,21,23-24H,6-7,12-13,16-19H2,1-2H3,(H,28,31)/t23-,24-/m0/s1. The molecule has 1 saturated carbocycles. The second-order valence-electron chi connectivity index (χ2n) is 9.53. The molecule has 1 fully saturated rings. The summed E-state index contributed by atoms with van der Waals surface area (Å²) < 4.78 is 6.09. The maximum atomic E-state index is 14.0. The molecule has 2 aliphatic rings. The molecule has 176 valence electrons. The fourth-order valence-corrected chi connectivity index (χ4v) is 4.92. The second kappa shape index (κ2) is 10.8. The molecule has 0 unspecified atom stereocenters. The Balaban J connectivity index is 1.61. The van der Waals surface area contributed by atoms with E-state index in [9.17, 15) is 9.59 Å². The van der Waals surface area contributed by atoms with E-state index in [4.69, 9.17) is 4.74 Å². The first kappa shape index (κ1) is 23.3. The number of carbonyl (C=O) groups excluding carboxylic acids is 2. The van der Waals surface area contributed by atoms with Crippen LogP contribution in [0, 0.1) is 5.92 Å². The van der Waals surface area contributed by atoms with E-state index in [0.29, 0.717) is 26.1 Å². The number of amides is 2. The van der Waals surface area contributed by atoms with Gasteiger partial charge >= 0.3 is 0 Å². The predicted molar refractivity (Wildman–Crippen MR) is 129 cm³/mol. The zero-order valence-electron chi connectivity index (χ0n) is 19.7. The topological polar surface area (TPSA) is 61.9 Å². The molecule has 2 atom stereocenters. The maximum Gasteiger partial charge on any atom is 0.246 e. The van der Waals surface area contributed by atoms with Crippen LogP contribution in [0.4, 0.5) is 0 Å². The smallest absolute Gasteiger partial charge is 0.246 e. The van der Waals surface area contributed by atoms with Gasteiger partial charge in [0.05, 0.1) is 6.04 Å². The van der Waals surface area contributed by atoms with E-state index >= 15 is 0 Å². The summed E-state index contributed by atoms with van der Waals surface area (Å²) in [5.41, 5.74) is 2.03. The molecule has 0 bridgehead atoms. The Morgan fingerprint density at radius 1 is 1.06 bits per heavy atom. The number of benzene rings is 2. The first-order chi connectivity index (χ1) is 16.0. The van der Waals surface area contributed by atoms with Crippen molar-refractivity contribution >= 4 is 11.8 Å². The Hall–Kier alpha value is -2.86. The van der Waals surface area contributed by atoms with E-state index in [1.807, 2.05) is 73.6 Å². The lowest BCUT2D eigenvalue weighted by Crippen LogP contribution is -2.55. The Bertz CT molecular complexity index is 941. The molecule has 2 amide bonds. The van der Waals surface area contributed by atoms with E-state index in [1.54, 1.807) is 0 Å². The number of nitrogens with one attached hydrogen (secondary N) is 1. The number of hydrogen-bond donors (Lipinski definition) is 1. The van der Waals surface area contributed by atoms with Crippen molar-refractivity contribution in [1.82, 2.24) is 15.1 Å². The van der Waals surface area contributed by atoms with Crippen LogP contribution < -0.4 is 10.1 Å². The van der Waals surface area contributed by atoms with Gasteiger partial charge < -0.3 is 19.9 Å². The van der Waals surface area contributed by atoms with Gasteiger partial charge in [-0.1, -0.05) is 61.4 Å². The number of ether oxygens (including phenoxy) is 1. The summed E-state index contributed by atoms with van der Waals surface area (Å²) in [5.74, 6) is 0.808. The average molecular weight is 450 g/mol. The van der Waals surface area contributed by atoms with Crippen LogP contribution in [0.5, 0.6) is 5.75 Å². The van der Waals surface area contributed by atoms with Crippen molar-refractivity contribution in [2.45, 2.75) is 50.7 Å². The van der Waals surface area contributed by atoms with Crippen molar-refractivity contribution in [2.75, 3.05) is 27.2 Å². The fourth-order valence-electron chi connectivity index (χ4n) is 4.92. The summed E-state index contributed by atoms with van der Waals surface area (Å²) in [6.07, 6.45) is 4.46. The predicted octanol–water partition coefficient (Wildman–Crippen LogP) is 3.26. The molecular formula is C27H35N3O3. The van der Waals surface area contributed by atoms with Crippen molar-refractivity contribution in [3.63, 3.8) is 0 Å². The molecule has 2 aromatic rings. The van der Waals surface area contributed by atoms with Crippen molar-refractivity contribution in [3.05, 3.63) is 65.7 Å². The number of hydrogen-bond acceptors (Lipinski definition) is 4. The van der Waals surface area contributed by atoms with Crippen molar-refractivity contribution in [1.29, 1.82) is 0 Å². The van der Waals surface area contributed by atoms with Gasteiger partial charge in [-0.05, 0) is 38.6 Å². The van der Waals surface area contributed by atoms with Gasteiger partial charge in [0.25, 0.3) is 0 Å². The lowest BCUT2D eigenvalue weighted by atomic mass is 10.0. The van der Waals surface area contributed by atoms with Crippen LogP contribution in [-0.2, 0) is 22.6 Å². The molecule has 0 aromatic heterocycles. The monoisotopic (exact) mass is 449 g/mol. The Kier molecular flexibility index (Phi) is 7.65. The van der Waals surface area contributed by atoms with Crippen molar-refractivity contribution in [2.24, 2.45) is 5.92 Å². The highest BCUT2D eigenvalue weighted by molar-refractivity contribution is 5.89. The lowest BCUT2D eigenvalue weighted by molar-refractivity contribution is -0.140. The number of para-hydroxylation sites is 1. The van der Waals surface area contributed by atoms with E-state index in [0.717, 1.165) is 42.6 Å². The Morgan fingerprint density at radius 2 is 1.76 bits per heavy atom. The Labute approximate surface area is 196 Å². The van der Waals surface area contributed by atoms with Gasteiger partial charge in [0.2, 0.25) is 11.8 Å². The summed E-state index contributed by atoms with van der Waals surface area (Å²) >= 11 is 0.